The van der Waals surface area contributed by atoms with Crippen molar-refractivity contribution in [1.29, 1.82) is 0 Å². The fraction of sp³-hybridized carbons (Fsp3) is 0.250. The number of ether oxygens (including phenoxy) is 1. The van der Waals surface area contributed by atoms with Crippen molar-refractivity contribution in [2.24, 2.45) is 0 Å². The minimum absolute atomic E-state index is 0.154. The molecule has 1 atom stereocenters. The molecule has 0 aromatic heterocycles. The zero-order chi connectivity index (χ0) is 23.2. The van der Waals surface area contributed by atoms with Crippen LogP contribution in [-0.2, 0) is 11.3 Å². The summed E-state index contributed by atoms with van der Waals surface area (Å²) in [5.41, 5.74) is 6.21. The quantitative estimate of drug-likeness (QED) is 0.324. The largest absolute Gasteiger partial charge is 0.478 e. The van der Waals surface area contributed by atoms with Crippen LogP contribution in [0.2, 0.25) is 0 Å². The summed E-state index contributed by atoms with van der Waals surface area (Å²) in [6.07, 6.45) is 7.18. The Morgan fingerprint density at radius 1 is 1.09 bits per heavy atom. The molecule has 33 heavy (non-hydrogen) atoms. The van der Waals surface area contributed by atoms with Gasteiger partial charge in [0.25, 0.3) is 0 Å². The molecule has 1 heterocycles. The van der Waals surface area contributed by atoms with Crippen molar-refractivity contribution in [2.75, 3.05) is 11.6 Å². The Hall–Kier alpha value is -3.02. The van der Waals surface area contributed by atoms with Gasteiger partial charge in [-0.05, 0) is 59.6 Å². The summed E-state index contributed by atoms with van der Waals surface area (Å²) in [6, 6.07) is 21.5. The number of anilines is 1. The third-order valence-electron chi connectivity index (χ3n) is 5.93. The summed E-state index contributed by atoms with van der Waals surface area (Å²) in [7, 11) is 0. The Bertz CT molecular complexity index is 1160. The standard InChI is InChI=1S/C28H29NO3S/c1-3-4-9-21-17-29-24-12-8-13-25(33-2)26(24)27(21)32-18-19-14-15-22(23(16-19)28(30)31)20-10-6-5-7-11-20/h5-8,10-17,27,29H,3-4,9,18H2,1-2H3,(H,30,31). The lowest BCUT2D eigenvalue weighted by Crippen LogP contribution is -2.17. The molecule has 5 heteroatoms. The second-order valence-corrected chi connectivity index (χ2v) is 8.98. The topological polar surface area (TPSA) is 58.6 Å². The van der Waals surface area contributed by atoms with Crippen LogP contribution in [0.4, 0.5) is 5.69 Å². The third kappa shape index (κ3) is 5.15. The molecule has 1 unspecified atom stereocenters. The molecule has 0 spiro atoms. The van der Waals surface area contributed by atoms with Gasteiger partial charge in [0.1, 0.15) is 6.10 Å². The number of unbranched alkanes of at least 4 members (excludes halogenated alkanes) is 1. The zero-order valence-corrected chi connectivity index (χ0v) is 19.8. The van der Waals surface area contributed by atoms with Crippen molar-refractivity contribution >= 4 is 23.4 Å². The van der Waals surface area contributed by atoms with Crippen molar-refractivity contribution in [3.05, 3.63) is 95.2 Å². The number of nitrogens with one attached hydrogen (secondary N) is 1. The van der Waals surface area contributed by atoms with Crippen molar-refractivity contribution < 1.29 is 14.6 Å². The van der Waals surface area contributed by atoms with Crippen molar-refractivity contribution in [1.82, 2.24) is 0 Å². The van der Waals surface area contributed by atoms with Crippen LogP contribution >= 0.6 is 11.8 Å². The Morgan fingerprint density at radius 3 is 2.64 bits per heavy atom. The molecule has 0 aliphatic carbocycles. The molecule has 0 amide bonds. The first-order valence-corrected chi connectivity index (χ1v) is 12.5. The lowest BCUT2D eigenvalue weighted by atomic mass is 9.93. The molecule has 0 fully saturated rings. The van der Waals surface area contributed by atoms with Crippen molar-refractivity contribution in [2.45, 2.75) is 43.8 Å². The first kappa shape index (κ1) is 23.1. The van der Waals surface area contributed by atoms with Crippen LogP contribution in [0, 0.1) is 0 Å². The number of rotatable bonds is 9. The highest BCUT2D eigenvalue weighted by Gasteiger charge is 2.27. The molecular formula is C28H29NO3S. The van der Waals surface area contributed by atoms with Crippen LogP contribution in [-0.4, -0.2) is 17.3 Å². The van der Waals surface area contributed by atoms with Crippen LogP contribution in [0.1, 0.15) is 53.8 Å². The Labute approximate surface area is 199 Å². The van der Waals surface area contributed by atoms with Gasteiger partial charge in [-0.3, -0.25) is 0 Å². The predicted octanol–water partition coefficient (Wildman–Crippen LogP) is 7.53. The van der Waals surface area contributed by atoms with Crippen molar-refractivity contribution in [3.63, 3.8) is 0 Å². The lowest BCUT2D eigenvalue weighted by molar-refractivity contribution is 0.0593. The van der Waals surface area contributed by atoms with Gasteiger partial charge >= 0.3 is 5.97 Å². The van der Waals surface area contributed by atoms with E-state index in [1.54, 1.807) is 17.8 Å². The summed E-state index contributed by atoms with van der Waals surface area (Å²) >= 11 is 1.72. The Morgan fingerprint density at radius 2 is 1.91 bits per heavy atom. The predicted molar refractivity (Wildman–Crippen MR) is 136 cm³/mol. The minimum Gasteiger partial charge on any atom is -0.478 e. The molecular weight excluding hydrogens is 430 g/mol. The highest BCUT2D eigenvalue weighted by atomic mass is 32.2. The maximum atomic E-state index is 12.0. The average molecular weight is 460 g/mol. The number of carboxylic acid groups (broad SMARTS) is 1. The minimum atomic E-state index is -0.934. The number of fused-ring (bicyclic) bond motifs is 1. The van der Waals surface area contributed by atoms with Crippen LogP contribution in [0.3, 0.4) is 0 Å². The summed E-state index contributed by atoms with van der Waals surface area (Å²) in [5, 5.41) is 13.3. The van der Waals surface area contributed by atoms with Crippen LogP contribution < -0.4 is 5.32 Å². The number of carbonyl (C=O) groups is 1. The van der Waals surface area contributed by atoms with Gasteiger partial charge in [-0.15, -0.1) is 11.8 Å². The third-order valence-corrected chi connectivity index (χ3v) is 6.73. The van der Waals surface area contributed by atoms with Crippen molar-refractivity contribution in [3.8, 4) is 11.1 Å². The van der Waals surface area contributed by atoms with E-state index in [2.05, 4.69) is 42.9 Å². The van der Waals surface area contributed by atoms with E-state index in [9.17, 15) is 9.90 Å². The van der Waals surface area contributed by atoms with E-state index < -0.39 is 5.97 Å². The molecule has 2 N–H and O–H groups in total. The van der Waals surface area contributed by atoms with E-state index in [0.717, 1.165) is 41.6 Å². The van der Waals surface area contributed by atoms with E-state index >= 15 is 0 Å². The molecule has 4 nitrogen and oxygen atoms in total. The second-order valence-electron chi connectivity index (χ2n) is 8.13. The highest BCUT2D eigenvalue weighted by molar-refractivity contribution is 7.98. The summed E-state index contributed by atoms with van der Waals surface area (Å²) < 4.78 is 6.51. The van der Waals surface area contributed by atoms with E-state index in [1.165, 1.54) is 10.5 Å². The van der Waals surface area contributed by atoms with E-state index in [1.807, 2.05) is 42.5 Å². The lowest BCUT2D eigenvalue weighted by Gasteiger charge is -2.30. The SMILES string of the molecule is CCCCC1=CNc2cccc(SC)c2C1OCc1ccc(-c2ccccc2)c(C(=O)O)c1. The van der Waals surface area contributed by atoms with Gasteiger partial charge in [-0.25, -0.2) is 4.79 Å². The molecule has 0 saturated carbocycles. The molecule has 0 saturated heterocycles. The Kier molecular flexibility index (Phi) is 7.53. The number of hydrogen-bond acceptors (Lipinski definition) is 4. The summed E-state index contributed by atoms with van der Waals surface area (Å²) in [4.78, 5) is 13.2. The maximum absolute atomic E-state index is 12.0. The molecule has 3 aromatic carbocycles. The smallest absolute Gasteiger partial charge is 0.336 e. The molecule has 4 rings (SSSR count). The number of thioether (sulfide) groups is 1. The molecule has 1 aliphatic heterocycles. The van der Waals surface area contributed by atoms with Gasteiger partial charge in [0.15, 0.2) is 0 Å². The van der Waals surface area contributed by atoms with E-state index in [-0.39, 0.29) is 6.10 Å². The summed E-state index contributed by atoms with van der Waals surface area (Å²) in [6.45, 7) is 2.53. The van der Waals surface area contributed by atoms with E-state index in [4.69, 9.17) is 4.74 Å². The first-order chi connectivity index (χ1) is 16.1. The van der Waals surface area contributed by atoms with Crippen LogP contribution in [0.25, 0.3) is 11.1 Å². The van der Waals surface area contributed by atoms with Gasteiger partial charge in [0, 0.05) is 22.3 Å². The van der Waals surface area contributed by atoms with Crippen LogP contribution in [0.5, 0.6) is 0 Å². The highest BCUT2D eigenvalue weighted by Crippen LogP contribution is 2.43. The number of carboxylic acids is 1. The van der Waals surface area contributed by atoms with E-state index in [0.29, 0.717) is 17.7 Å². The fourth-order valence-electron chi connectivity index (χ4n) is 4.23. The van der Waals surface area contributed by atoms with Gasteiger partial charge in [-0.2, -0.15) is 0 Å². The summed E-state index contributed by atoms with van der Waals surface area (Å²) in [5.74, 6) is -0.934. The number of benzene rings is 3. The fourth-order valence-corrected chi connectivity index (χ4v) is 4.88. The molecule has 3 aromatic rings. The number of aromatic carboxylic acids is 1. The molecule has 170 valence electrons. The van der Waals surface area contributed by atoms with Gasteiger partial charge < -0.3 is 15.2 Å². The van der Waals surface area contributed by atoms with Crippen LogP contribution in [0.15, 0.2) is 83.4 Å². The van der Waals surface area contributed by atoms with Gasteiger partial charge in [-0.1, -0.05) is 61.9 Å². The van der Waals surface area contributed by atoms with Gasteiger partial charge in [0.05, 0.1) is 12.2 Å². The second kappa shape index (κ2) is 10.7. The number of hydrogen-bond donors (Lipinski definition) is 2. The Balaban J connectivity index is 1.63. The monoisotopic (exact) mass is 459 g/mol. The molecule has 1 aliphatic rings. The molecule has 0 radical (unpaired) electrons. The zero-order valence-electron chi connectivity index (χ0n) is 19.0. The maximum Gasteiger partial charge on any atom is 0.336 e. The average Bonchev–Trinajstić information content (AvgIpc) is 2.86. The van der Waals surface area contributed by atoms with Gasteiger partial charge in [0.2, 0.25) is 0 Å². The first-order valence-electron chi connectivity index (χ1n) is 11.3. The normalized spacial score (nSPS) is 14.8. The molecule has 0 bridgehead atoms.